The number of nitrogens with zero attached hydrogens (tertiary/aromatic N) is 1. The molecule has 1 aromatic heterocycles. The molecule has 0 radical (unpaired) electrons. The largest absolute Gasteiger partial charge is 0.383 e. The lowest BCUT2D eigenvalue weighted by Gasteiger charge is -2.03. The Morgan fingerprint density at radius 3 is 3.10 bits per heavy atom. The lowest BCUT2D eigenvalue weighted by Crippen LogP contribution is -2.27. The number of hydrogen-bond donors (Lipinski definition) is 2. The summed E-state index contributed by atoms with van der Waals surface area (Å²) in [6.45, 7) is 0.792. The molecule has 0 spiro atoms. The second-order valence-electron chi connectivity index (χ2n) is 4.20. The standard InChI is InChI=1S/C15H15N3O2/c1-20-8-7-18-15(19)12(10-16)9-11-3-2-4-14-13(11)5-6-17-14/h2-6,9,17H,7-8H2,1H3,(H,18,19). The van der Waals surface area contributed by atoms with Gasteiger partial charge in [-0.1, -0.05) is 12.1 Å². The first-order valence-electron chi connectivity index (χ1n) is 6.21. The monoisotopic (exact) mass is 269 g/mol. The molecule has 0 aliphatic heterocycles. The zero-order chi connectivity index (χ0) is 14.4. The molecule has 1 aromatic carbocycles. The number of nitrogens with one attached hydrogen (secondary N) is 2. The van der Waals surface area contributed by atoms with Gasteiger partial charge in [-0.25, -0.2) is 0 Å². The second-order valence-corrected chi connectivity index (χ2v) is 4.20. The molecule has 0 aliphatic rings. The topological polar surface area (TPSA) is 77.9 Å². The smallest absolute Gasteiger partial charge is 0.262 e. The predicted molar refractivity (Wildman–Crippen MR) is 76.8 cm³/mol. The van der Waals surface area contributed by atoms with E-state index in [4.69, 9.17) is 10.00 Å². The Morgan fingerprint density at radius 1 is 1.50 bits per heavy atom. The number of amides is 1. The van der Waals surface area contributed by atoms with E-state index in [9.17, 15) is 4.79 Å². The van der Waals surface area contributed by atoms with Crippen molar-refractivity contribution in [3.05, 3.63) is 41.6 Å². The normalized spacial score (nSPS) is 11.3. The Hall–Kier alpha value is -2.58. The number of nitriles is 1. The van der Waals surface area contributed by atoms with Crippen LogP contribution in [-0.4, -0.2) is 31.2 Å². The fourth-order valence-corrected chi connectivity index (χ4v) is 1.90. The van der Waals surface area contributed by atoms with Gasteiger partial charge in [0.05, 0.1) is 6.61 Å². The van der Waals surface area contributed by atoms with E-state index in [0.717, 1.165) is 16.5 Å². The van der Waals surface area contributed by atoms with Crippen LogP contribution >= 0.6 is 0 Å². The lowest BCUT2D eigenvalue weighted by atomic mass is 10.1. The van der Waals surface area contributed by atoms with Gasteiger partial charge < -0.3 is 15.0 Å². The van der Waals surface area contributed by atoms with Crippen molar-refractivity contribution in [1.29, 1.82) is 5.26 Å². The van der Waals surface area contributed by atoms with Gasteiger partial charge in [0.15, 0.2) is 0 Å². The number of methoxy groups -OCH3 is 1. The second kappa shape index (κ2) is 6.55. The fraction of sp³-hybridized carbons (Fsp3) is 0.200. The van der Waals surface area contributed by atoms with Crippen LogP contribution in [0.2, 0.25) is 0 Å². The maximum Gasteiger partial charge on any atom is 0.262 e. The highest BCUT2D eigenvalue weighted by molar-refractivity contribution is 6.03. The van der Waals surface area contributed by atoms with Crippen molar-refractivity contribution in [2.24, 2.45) is 0 Å². The van der Waals surface area contributed by atoms with Crippen LogP contribution < -0.4 is 5.32 Å². The summed E-state index contributed by atoms with van der Waals surface area (Å²) >= 11 is 0. The number of fused-ring (bicyclic) bond motifs is 1. The van der Waals surface area contributed by atoms with E-state index in [2.05, 4.69) is 10.3 Å². The van der Waals surface area contributed by atoms with Crippen molar-refractivity contribution in [3.63, 3.8) is 0 Å². The average molecular weight is 269 g/mol. The number of H-pyrrole nitrogens is 1. The highest BCUT2D eigenvalue weighted by Crippen LogP contribution is 2.19. The molecular formula is C15H15N3O2. The minimum atomic E-state index is -0.392. The predicted octanol–water partition coefficient (Wildman–Crippen LogP) is 1.84. The molecule has 0 unspecified atom stereocenters. The molecule has 0 bridgehead atoms. The van der Waals surface area contributed by atoms with E-state index >= 15 is 0 Å². The SMILES string of the molecule is COCCNC(=O)C(C#N)=Cc1cccc2[nH]ccc12. The Morgan fingerprint density at radius 2 is 2.35 bits per heavy atom. The number of benzene rings is 1. The molecule has 2 N–H and O–H groups in total. The van der Waals surface area contributed by atoms with Gasteiger partial charge in [0.1, 0.15) is 11.6 Å². The molecule has 20 heavy (non-hydrogen) atoms. The van der Waals surface area contributed by atoms with Crippen LogP contribution in [0.5, 0.6) is 0 Å². The summed E-state index contributed by atoms with van der Waals surface area (Å²) in [5.74, 6) is -0.392. The highest BCUT2D eigenvalue weighted by Gasteiger charge is 2.09. The maximum atomic E-state index is 11.9. The molecule has 1 heterocycles. The van der Waals surface area contributed by atoms with Crippen molar-refractivity contribution in [3.8, 4) is 6.07 Å². The summed E-state index contributed by atoms with van der Waals surface area (Å²) in [5, 5.41) is 12.7. The third kappa shape index (κ3) is 3.05. The first-order valence-corrected chi connectivity index (χ1v) is 6.21. The van der Waals surface area contributed by atoms with Crippen LogP contribution in [0.3, 0.4) is 0 Å². The van der Waals surface area contributed by atoms with E-state index in [1.54, 1.807) is 13.2 Å². The van der Waals surface area contributed by atoms with Crippen molar-refractivity contribution >= 4 is 22.9 Å². The van der Waals surface area contributed by atoms with Gasteiger partial charge in [0, 0.05) is 30.8 Å². The molecule has 102 valence electrons. The Labute approximate surface area is 116 Å². The number of aromatic amines is 1. The lowest BCUT2D eigenvalue weighted by molar-refractivity contribution is -0.117. The summed E-state index contributed by atoms with van der Waals surface area (Å²) in [6, 6.07) is 9.54. The fourth-order valence-electron chi connectivity index (χ4n) is 1.90. The summed E-state index contributed by atoms with van der Waals surface area (Å²) in [6.07, 6.45) is 3.42. The van der Waals surface area contributed by atoms with Gasteiger partial charge >= 0.3 is 0 Å². The van der Waals surface area contributed by atoms with Crippen molar-refractivity contribution in [1.82, 2.24) is 10.3 Å². The molecule has 5 nitrogen and oxygen atoms in total. The maximum absolute atomic E-state index is 11.9. The van der Waals surface area contributed by atoms with E-state index < -0.39 is 5.91 Å². The number of aromatic nitrogens is 1. The Kier molecular flexibility index (Phi) is 4.53. The number of ether oxygens (including phenoxy) is 1. The summed E-state index contributed by atoms with van der Waals surface area (Å²) < 4.78 is 4.85. The molecule has 2 rings (SSSR count). The van der Waals surface area contributed by atoms with E-state index in [0.29, 0.717) is 13.2 Å². The van der Waals surface area contributed by atoms with Gasteiger partial charge in [-0.05, 0) is 23.8 Å². The average Bonchev–Trinajstić information content (AvgIpc) is 2.94. The van der Waals surface area contributed by atoms with Crippen LogP contribution in [0, 0.1) is 11.3 Å². The minimum absolute atomic E-state index is 0.0785. The molecule has 0 saturated heterocycles. The van der Waals surface area contributed by atoms with E-state index in [1.165, 1.54) is 0 Å². The van der Waals surface area contributed by atoms with Gasteiger partial charge in [-0.3, -0.25) is 4.79 Å². The first-order chi connectivity index (χ1) is 9.76. The highest BCUT2D eigenvalue weighted by atomic mass is 16.5. The Bertz CT molecular complexity index is 680. The zero-order valence-corrected chi connectivity index (χ0v) is 11.1. The molecule has 1 amide bonds. The van der Waals surface area contributed by atoms with Gasteiger partial charge in [0.2, 0.25) is 0 Å². The van der Waals surface area contributed by atoms with Crippen LogP contribution in [-0.2, 0) is 9.53 Å². The number of carbonyl (C=O) groups excluding carboxylic acids is 1. The van der Waals surface area contributed by atoms with E-state index in [-0.39, 0.29) is 5.57 Å². The van der Waals surface area contributed by atoms with Crippen LogP contribution in [0.1, 0.15) is 5.56 Å². The minimum Gasteiger partial charge on any atom is -0.383 e. The van der Waals surface area contributed by atoms with Crippen LogP contribution in [0.4, 0.5) is 0 Å². The van der Waals surface area contributed by atoms with Crippen LogP contribution in [0.25, 0.3) is 17.0 Å². The molecule has 0 fully saturated rings. The zero-order valence-electron chi connectivity index (χ0n) is 11.1. The van der Waals surface area contributed by atoms with Gasteiger partial charge in [-0.2, -0.15) is 5.26 Å². The molecular weight excluding hydrogens is 254 g/mol. The molecule has 0 saturated carbocycles. The molecule has 0 atom stereocenters. The molecule has 0 aliphatic carbocycles. The third-order valence-electron chi connectivity index (χ3n) is 2.89. The van der Waals surface area contributed by atoms with Crippen LogP contribution in [0.15, 0.2) is 36.0 Å². The van der Waals surface area contributed by atoms with Gasteiger partial charge in [-0.15, -0.1) is 0 Å². The van der Waals surface area contributed by atoms with Gasteiger partial charge in [0.25, 0.3) is 5.91 Å². The first kappa shape index (κ1) is 13.8. The summed E-state index contributed by atoms with van der Waals surface area (Å²) in [5.41, 5.74) is 1.88. The van der Waals surface area contributed by atoms with Crippen molar-refractivity contribution in [2.45, 2.75) is 0 Å². The van der Waals surface area contributed by atoms with E-state index in [1.807, 2.05) is 36.5 Å². The summed E-state index contributed by atoms with van der Waals surface area (Å²) in [7, 11) is 1.56. The summed E-state index contributed by atoms with van der Waals surface area (Å²) in [4.78, 5) is 15.0. The third-order valence-corrected chi connectivity index (χ3v) is 2.89. The van der Waals surface area contributed by atoms with Crippen molar-refractivity contribution < 1.29 is 9.53 Å². The number of hydrogen-bond acceptors (Lipinski definition) is 3. The molecule has 5 heteroatoms. The molecule has 2 aromatic rings. The number of rotatable bonds is 5. The quantitative estimate of drug-likeness (QED) is 0.494. The Balaban J connectivity index is 2.25. The number of carbonyl (C=O) groups is 1. The van der Waals surface area contributed by atoms with Crippen molar-refractivity contribution in [2.75, 3.05) is 20.3 Å².